The summed E-state index contributed by atoms with van der Waals surface area (Å²) < 4.78 is 42.8. The Hall–Kier alpha value is -2.57. The molecule has 0 aliphatic rings. The smallest absolute Gasteiger partial charge is 0.416 e. The fourth-order valence-electron chi connectivity index (χ4n) is 1.91. The summed E-state index contributed by atoms with van der Waals surface area (Å²) >= 11 is 0. The Labute approximate surface area is 131 Å². The fraction of sp³-hybridized carbons (Fsp3) is 0.250. The Kier molecular flexibility index (Phi) is 5.20. The Bertz CT molecular complexity index is 670. The largest absolute Gasteiger partial charge is 0.478 e. The van der Waals surface area contributed by atoms with Gasteiger partial charge in [0.15, 0.2) is 0 Å². The molecule has 1 aromatic carbocycles. The van der Waals surface area contributed by atoms with Gasteiger partial charge in [-0.1, -0.05) is 6.07 Å². The number of carbonyl (C=O) groups excluding carboxylic acids is 1. The number of benzene rings is 1. The molecule has 0 saturated heterocycles. The van der Waals surface area contributed by atoms with Crippen molar-refractivity contribution in [1.29, 1.82) is 0 Å². The second-order valence-electron chi connectivity index (χ2n) is 4.66. The summed E-state index contributed by atoms with van der Waals surface area (Å²) in [7, 11) is 0. The number of alkyl halides is 3. The summed E-state index contributed by atoms with van der Waals surface area (Å²) in [5.41, 5.74) is 0.0504. The molecule has 0 unspecified atom stereocenters. The normalized spacial score (nSPS) is 11.1. The van der Waals surface area contributed by atoms with Crippen LogP contribution in [-0.4, -0.2) is 17.5 Å². The van der Waals surface area contributed by atoms with Crippen molar-refractivity contribution in [3.05, 3.63) is 59.3 Å². The van der Waals surface area contributed by atoms with Gasteiger partial charge in [-0.2, -0.15) is 13.2 Å². The van der Waals surface area contributed by atoms with Crippen LogP contribution >= 0.6 is 0 Å². The number of hydrogen-bond donors (Lipinski definition) is 1. The van der Waals surface area contributed by atoms with E-state index in [1.807, 2.05) is 6.92 Å². The van der Waals surface area contributed by atoms with E-state index in [1.165, 1.54) is 0 Å². The summed E-state index contributed by atoms with van der Waals surface area (Å²) in [6.07, 6.45) is -2.84. The number of amides is 1. The lowest BCUT2D eigenvalue weighted by Crippen LogP contribution is -2.23. The van der Waals surface area contributed by atoms with E-state index < -0.39 is 17.6 Å². The Morgan fingerprint density at radius 1 is 1.22 bits per heavy atom. The molecule has 0 radical (unpaired) electrons. The van der Waals surface area contributed by atoms with Crippen molar-refractivity contribution >= 4 is 5.91 Å². The standard InChI is InChI=1S/C16H15F3N2O2/c1-2-23-15-12(4-3-9-20-15)10-21-14(22)11-5-7-13(8-6-11)16(17,18)19/h3-9H,2,10H2,1H3,(H,21,22). The zero-order chi connectivity index (χ0) is 16.9. The number of halogens is 3. The van der Waals surface area contributed by atoms with E-state index in [2.05, 4.69) is 10.3 Å². The highest BCUT2D eigenvalue weighted by Crippen LogP contribution is 2.29. The second-order valence-corrected chi connectivity index (χ2v) is 4.66. The zero-order valence-electron chi connectivity index (χ0n) is 12.4. The van der Waals surface area contributed by atoms with Crippen molar-refractivity contribution in [2.75, 3.05) is 6.61 Å². The molecule has 0 aliphatic carbocycles. The van der Waals surface area contributed by atoms with Gasteiger partial charge in [0.1, 0.15) is 0 Å². The molecule has 2 aromatic rings. The van der Waals surface area contributed by atoms with Crippen molar-refractivity contribution in [3.63, 3.8) is 0 Å². The third-order valence-electron chi connectivity index (χ3n) is 3.04. The molecule has 2 rings (SSSR count). The zero-order valence-corrected chi connectivity index (χ0v) is 12.4. The van der Waals surface area contributed by atoms with E-state index >= 15 is 0 Å². The molecular formula is C16H15F3N2O2. The summed E-state index contributed by atoms with van der Waals surface area (Å²) in [5.74, 6) is -0.0484. The van der Waals surface area contributed by atoms with Crippen molar-refractivity contribution in [3.8, 4) is 5.88 Å². The maximum Gasteiger partial charge on any atom is 0.416 e. The molecule has 0 saturated carbocycles. The van der Waals surface area contributed by atoms with Crippen LogP contribution in [0.1, 0.15) is 28.4 Å². The van der Waals surface area contributed by atoms with Gasteiger partial charge in [-0.05, 0) is 37.3 Å². The van der Waals surface area contributed by atoms with Crippen LogP contribution in [0.15, 0.2) is 42.6 Å². The van der Waals surface area contributed by atoms with Gasteiger partial charge in [-0.3, -0.25) is 4.79 Å². The highest BCUT2D eigenvalue weighted by Gasteiger charge is 2.30. The van der Waals surface area contributed by atoms with E-state index in [4.69, 9.17) is 4.74 Å². The molecule has 23 heavy (non-hydrogen) atoms. The topological polar surface area (TPSA) is 51.2 Å². The molecule has 0 aliphatic heterocycles. The number of carbonyl (C=O) groups is 1. The minimum absolute atomic E-state index is 0.153. The summed E-state index contributed by atoms with van der Waals surface area (Å²) in [6.45, 7) is 2.43. The number of ether oxygens (including phenoxy) is 1. The lowest BCUT2D eigenvalue weighted by atomic mass is 10.1. The molecule has 4 nitrogen and oxygen atoms in total. The van der Waals surface area contributed by atoms with Gasteiger partial charge in [-0.25, -0.2) is 4.98 Å². The molecule has 0 spiro atoms. The summed E-state index contributed by atoms with van der Waals surface area (Å²) in [6, 6.07) is 7.51. The number of hydrogen-bond acceptors (Lipinski definition) is 3. The first-order chi connectivity index (χ1) is 10.9. The van der Waals surface area contributed by atoms with Gasteiger partial charge in [0, 0.05) is 23.9 Å². The van der Waals surface area contributed by atoms with Crippen molar-refractivity contribution in [2.24, 2.45) is 0 Å². The Balaban J connectivity index is 2.03. The van der Waals surface area contributed by atoms with E-state index in [-0.39, 0.29) is 12.1 Å². The predicted octanol–water partition coefficient (Wildman–Crippen LogP) is 3.43. The minimum atomic E-state index is -4.42. The lowest BCUT2D eigenvalue weighted by Gasteiger charge is -2.10. The van der Waals surface area contributed by atoms with Crippen LogP contribution in [0.2, 0.25) is 0 Å². The van der Waals surface area contributed by atoms with Gasteiger partial charge in [0.2, 0.25) is 5.88 Å². The first-order valence-corrected chi connectivity index (χ1v) is 6.94. The Morgan fingerprint density at radius 3 is 2.52 bits per heavy atom. The monoisotopic (exact) mass is 324 g/mol. The fourth-order valence-corrected chi connectivity index (χ4v) is 1.91. The van der Waals surface area contributed by atoms with Gasteiger partial charge < -0.3 is 10.1 Å². The number of rotatable bonds is 5. The second kappa shape index (κ2) is 7.13. The highest BCUT2D eigenvalue weighted by molar-refractivity contribution is 5.94. The van der Waals surface area contributed by atoms with E-state index in [0.717, 1.165) is 24.3 Å². The summed E-state index contributed by atoms with van der Waals surface area (Å²) in [5, 5.41) is 2.63. The van der Waals surface area contributed by atoms with E-state index in [9.17, 15) is 18.0 Å². The third-order valence-corrected chi connectivity index (χ3v) is 3.04. The molecule has 0 fully saturated rings. The van der Waals surface area contributed by atoms with Crippen molar-refractivity contribution < 1.29 is 22.7 Å². The maximum absolute atomic E-state index is 12.5. The average Bonchev–Trinajstić information content (AvgIpc) is 2.53. The number of nitrogens with zero attached hydrogens (tertiary/aromatic N) is 1. The maximum atomic E-state index is 12.5. The molecule has 1 heterocycles. The first-order valence-electron chi connectivity index (χ1n) is 6.94. The SMILES string of the molecule is CCOc1ncccc1CNC(=O)c1ccc(C(F)(F)F)cc1. The first kappa shape index (κ1) is 16.8. The van der Waals surface area contributed by atoms with Crippen LogP contribution in [0.25, 0.3) is 0 Å². The van der Waals surface area contributed by atoms with E-state index in [0.29, 0.717) is 18.1 Å². The molecule has 0 atom stereocenters. The van der Waals surface area contributed by atoms with E-state index in [1.54, 1.807) is 18.3 Å². The van der Waals surface area contributed by atoms with Crippen LogP contribution in [0.5, 0.6) is 5.88 Å². The number of aromatic nitrogens is 1. The molecule has 1 aromatic heterocycles. The van der Waals surface area contributed by atoms with Gasteiger partial charge in [0.25, 0.3) is 5.91 Å². The van der Waals surface area contributed by atoms with Crippen LogP contribution in [0.4, 0.5) is 13.2 Å². The lowest BCUT2D eigenvalue weighted by molar-refractivity contribution is -0.137. The highest BCUT2D eigenvalue weighted by atomic mass is 19.4. The molecule has 0 bridgehead atoms. The van der Waals surface area contributed by atoms with Crippen molar-refractivity contribution in [1.82, 2.24) is 10.3 Å². The molecule has 122 valence electrons. The number of nitrogens with one attached hydrogen (secondary N) is 1. The van der Waals surface area contributed by atoms with Crippen LogP contribution in [-0.2, 0) is 12.7 Å². The minimum Gasteiger partial charge on any atom is -0.478 e. The molecule has 7 heteroatoms. The van der Waals surface area contributed by atoms with Crippen LogP contribution in [0, 0.1) is 0 Å². The predicted molar refractivity (Wildman–Crippen MR) is 78.0 cm³/mol. The molecule has 1 amide bonds. The molecule has 1 N–H and O–H groups in total. The van der Waals surface area contributed by atoms with Crippen molar-refractivity contribution in [2.45, 2.75) is 19.6 Å². The summed E-state index contributed by atoms with van der Waals surface area (Å²) in [4.78, 5) is 16.1. The van der Waals surface area contributed by atoms with Crippen LogP contribution < -0.4 is 10.1 Å². The molecular weight excluding hydrogens is 309 g/mol. The third kappa shape index (κ3) is 4.45. The average molecular weight is 324 g/mol. The van der Waals surface area contributed by atoms with Gasteiger partial charge in [-0.15, -0.1) is 0 Å². The van der Waals surface area contributed by atoms with Gasteiger partial charge in [0.05, 0.1) is 12.2 Å². The van der Waals surface area contributed by atoms with Crippen LogP contribution in [0.3, 0.4) is 0 Å². The van der Waals surface area contributed by atoms with Gasteiger partial charge >= 0.3 is 6.18 Å². The quantitative estimate of drug-likeness (QED) is 0.917. The Morgan fingerprint density at radius 2 is 1.91 bits per heavy atom. The number of pyridine rings is 1.